The van der Waals surface area contributed by atoms with E-state index in [4.69, 9.17) is 0 Å². The molecule has 0 spiro atoms. The normalized spacial score (nSPS) is 57.2. The number of hydrogen-bond donors (Lipinski definition) is 0. The monoisotopic (exact) mass is 164 g/mol. The molecule has 0 bridgehead atoms. The average Bonchev–Trinajstić information content (AvgIpc) is 2.82. The minimum atomic E-state index is 1.04. The molecule has 0 nitrogen and oxygen atoms in total. The molecule has 0 aliphatic heterocycles. The van der Waals surface area contributed by atoms with Gasteiger partial charge in [-0.05, 0) is 61.7 Å². The molecule has 0 N–H and O–H groups in total. The zero-order valence-electron chi connectivity index (χ0n) is 8.13. The summed E-state index contributed by atoms with van der Waals surface area (Å²) < 4.78 is 0. The molecule has 0 saturated heterocycles. The van der Waals surface area contributed by atoms with Crippen LogP contribution in [0.15, 0.2) is 0 Å². The molecule has 0 aromatic rings. The van der Waals surface area contributed by atoms with Crippen LogP contribution in [0.3, 0.4) is 0 Å². The van der Waals surface area contributed by atoms with Gasteiger partial charge in [0.25, 0.3) is 0 Å². The van der Waals surface area contributed by atoms with Crippen molar-refractivity contribution >= 4 is 0 Å². The molecule has 0 aromatic carbocycles. The van der Waals surface area contributed by atoms with Gasteiger partial charge in [0, 0.05) is 0 Å². The van der Waals surface area contributed by atoms with Crippen molar-refractivity contribution in [2.45, 2.75) is 45.4 Å². The number of fused-ring (bicyclic) bond motifs is 3. The topological polar surface area (TPSA) is 0 Å². The predicted molar refractivity (Wildman–Crippen MR) is 50.8 cm³/mol. The summed E-state index contributed by atoms with van der Waals surface area (Å²) in [4.78, 5) is 0. The molecule has 12 heavy (non-hydrogen) atoms. The van der Waals surface area contributed by atoms with Gasteiger partial charge >= 0.3 is 0 Å². The van der Waals surface area contributed by atoms with Crippen LogP contribution in [-0.4, -0.2) is 0 Å². The highest BCUT2D eigenvalue weighted by Crippen LogP contribution is 2.59. The molecule has 0 amide bonds. The van der Waals surface area contributed by atoms with Gasteiger partial charge in [0.15, 0.2) is 0 Å². The molecule has 5 unspecified atom stereocenters. The SMILES string of the molecule is CC1CCC2C(CCC3CC32)C1. The molecule has 68 valence electrons. The molecule has 3 aliphatic rings. The van der Waals surface area contributed by atoms with Crippen molar-refractivity contribution in [2.75, 3.05) is 0 Å². The fraction of sp³-hybridized carbons (Fsp3) is 1.00. The van der Waals surface area contributed by atoms with Gasteiger partial charge in [-0.2, -0.15) is 0 Å². The molecule has 3 saturated carbocycles. The zero-order chi connectivity index (χ0) is 8.13. The third-order valence-electron chi connectivity index (χ3n) is 4.74. The van der Waals surface area contributed by atoms with Crippen molar-refractivity contribution < 1.29 is 0 Å². The Hall–Kier alpha value is 0. The van der Waals surface area contributed by atoms with Gasteiger partial charge in [0.05, 0.1) is 0 Å². The van der Waals surface area contributed by atoms with Gasteiger partial charge in [0.2, 0.25) is 0 Å². The summed E-state index contributed by atoms with van der Waals surface area (Å²) in [5.41, 5.74) is 0. The fourth-order valence-electron chi connectivity index (χ4n) is 3.97. The van der Waals surface area contributed by atoms with E-state index in [9.17, 15) is 0 Å². The second kappa shape index (κ2) is 2.49. The number of hydrogen-bond acceptors (Lipinski definition) is 0. The lowest BCUT2D eigenvalue weighted by Crippen LogP contribution is -2.28. The number of rotatable bonds is 0. The van der Waals surface area contributed by atoms with Crippen LogP contribution in [-0.2, 0) is 0 Å². The lowest BCUT2D eigenvalue weighted by molar-refractivity contribution is 0.125. The molecular weight excluding hydrogens is 144 g/mol. The van der Waals surface area contributed by atoms with Crippen molar-refractivity contribution in [3.63, 3.8) is 0 Å². The van der Waals surface area contributed by atoms with E-state index < -0.39 is 0 Å². The first-order chi connectivity index (χ1) is 5.84. The van der Waals surface area contributed by atoms with Crippen molar-refractivity contribution in [3.05, 3.63) is 0 Å². The molecule has 0 heteroatoms. The van der Waals surface area contributed by atoms with Crippen molar-refractivity contribution in [3.8, 4) is 0 Å². The molecule has 0 aromatic heterocycles. The van der Waals surface area contributed by atoms with Gasteiger partial charge in [-0.25, -0.2) is 0 Å². The molecular formula is C12H20. The van der Waals surface area contributed by atoms with Crippen LogP contribution in [0.25, 0.3) is 0 Å². The molecule has 0 radical (unpaired) electrons. The first-order valence-electron chi connectivity index (χ1n) is 5.84. The minimum absolute atomic E-state index is 1.04. The average molecular weight is 164 g/mol. The maximum Gasteiger partial charge on any atom is -0.0352 e. The van der Waals surface area contributed by atoms with Gasteiger partial charge in [0.1, 0.15) is 0 Å². The summed E-state index contributed by atoms with van der Waals surface area (Å²) in [6, 6.07) is 0. The third kappa shape index (κ3) is 1.03. The summed E-state index contributed by atoms with van der Waals surface area (Å²) in [5.74, 6) is 5.77. The first kappa shape index (κ1) is 7.41. The Labute approximate surface area is 75.7 Å². The van der Waals surface area contributed by atoms with Gasteiger partial charge in [-0.15, -0.1) is 0 Å². The van der Waals surface area contributed by atoms with E-state index in [1.54, 1.807) is 32.1 Å². The first-order valence-corrected chi connectivity index (χ1v) is 5.84. The summed E-state index contributed by atoms with van der Waals surface area (Å²) in [6.07, 6.45) is 9.44. The highest BCUT2D eigenvalue weighted by atomic mass is 14.5. The summed E-state index contributed by atoms with van der Waals surface area (Å²) in [5, 5.41) is 0. The standard InChI is InChI=1S/C12H20/c1-8-2-5-11-9(6-8)3-4-10-7-12(10)11/h8-12H,2-7H2,1H3. The van der Waals surface area contributed by atoms with E-state index in [1.807, 2.05) is 0 Å². The predicted octanol–water partition coefficient (Wildman–Crippen LogP) is 3.47. The van der Waals surface area contributed by atoms with Crippen molar-refractivity contribution in [1.82, 2.24) is 0 Å². The molecule has 3 rings (SSSR count). The quantitative estimate of drug-likeness (QED) is 0.514. The van der Waals surface area contributed by atoms with E-state index in [-0.39, 0.29) is 0 Å². The Morgan fingerprint density at radius 2 is 1.50 bits per heavy atom. The van der Waals surface area contributed by atoms with Crippen LogP contribution >= 0.6 is 0 Å². The van der Waals surface area contributed by atoms with E-state index in [1.165, 1.54) is 24.2 Å². The van der Waals surface area contributed by atoms with Crippen LogP contribution < -0.4 is 0 Å². The molecule has 3 fully saturated rings. The Kier molecular flexibility index (Phi) is 1.54. The van der Waals surface area contributed by atoms with Gasteiger partial charge in [-0.1, -0.05) is 13.3 Å². The smallest absolute Gasteiger partial charge is 0.0352 e. The largest absolute Gasteiger partial charge is 0.0625 e. The zero-order valence-corrected chi connectivity index (χ0v) is 8.13. The summed E-state index contributed by atoms with van der Waals surface area (Å²) in [7, 11) is 0. The molecule has 5 atom stereocenters. The van der Waals surface area contributed by atoms with Crippen LogP contribution in [0.2, 0.25) is 0 Å². The van der Waals surface area contributed by atoms with Gasteiger partial charge < -0.3 is 0 Å². The maximum absolute atomic E-state index is 2.45. The van der Waals surface area contributed by atoms with Gasteiger partial charge in [-0.3, -0.25) is 0 Å². The summed E-state index contributed by atoms with van der Waals surface area (Å²) in [6.45, 7) is 2.45. The Balaban J connectivity index is 1.73. The molecule has 3 aliphatic carbocycles. The second-order valence-corrected chi connectivity index (χ2v) is 5.58. The van der Waals surface area contributed by atoms with Crippen LogP contribution in [0.1, 0.15) is 45.4 Å². The maximum atomic E-state index is 2.45. The Morgan fingerprint density at radius 1 is 0.750 bits per heavy atom. The highest BCUT2D eigenvalue weighted by Gasteiger charge is 2.49. The minimum Gasteiger partial charge on any atom is -0.0625 e. The summed E-state index contributed by atoms with van der Waals surface area (Å²) >= 11 is 0. The fourth-order valence-corrected chi connectivity index (χ4v) is 3.97. The van der Waals surface area contributed by atoms with Crippen molar-refractivity contribution in [1.29, 1.82) is 0 Å². The van der Waals surface area contributed by atoms with Crippen molar-refractivity contribution in [2.24, 2.45) is 29.6 Å². The van der Waals surface area contributed by atoms with Crippen LogP contribution in [0.5, 0.6) is 0 Å². The van der Waals surface area contributed by atoms with E-state index in [0.29, 0.717) is 0 Å². The van der Waals surface area contributed by atoms with E-state index in [0.717, 1.165) is 11.8 Å². The Bertz CT molecular complexity index is 184. The van der Waals surface area contributed by atoms with Crippen LogP contribution in [0.4, 0.5) is 0 Å². The van der Waals surface area contributed by atoms with Crippen LogP contribution in [0, 0.1) is 29.6 Å². The highest BCUT2D eigenvalue weighted by molar-refractivity contribution is 4.99. The second-order valence-electron chi connectivity index (χ2n) is 5.58. The lowest BCUT2D eigenvalue weighted by Gasteiger charge is -2.38. The molecule has 0 heterocycles. The lowest BCUT2D eigenvalue weighted by atomic mass is 9.68. The van der Waals surface area contributed by atoms with E-state index >= 15 is 0 Å². The Morgan fingerprint density at radius 3 is 2.33 bits per heavy atom. The van der Waals surface area contributed by atoms with E-state index in [2.05, 4.69) is 6.92 Å². The third-order valence-corrected chi connectivity index (χ3v) is 4.74.